The Kier molecular flexibility index (Phi) is 4.90. The third-order valence-electron chi connectivity index (χ3n) is 3.44. The maximum absolute atomic E-state index is 5.24. The molecule has 1 heterocycles. The first-order valence-corrected chi connectivity index (χ1v) is 9.11. The second kappa shape index (κ2) is 7.07. The van der Waals surface area contributed by atoms with Gasteiger partial charge in [-0.15, -0.1) is 11.8 Å². The van der Waals surface area contributed by atoms with Gasteiger partial charge in [0.15, 0.2) is 0 Å². The fourth-order valence-electron chi connectivity index (χ4n) is 2.27. The Morgan fingerprint density at radius 1 is 1.05 bits per heavy atom. The summed E-state index contributed by atoms with van der Waals surface area (Å²) in [6.07, 6.45) is 4.31. The highest BCUT2D eigenvalue weighted by molar-refractivity contribution is 8.38. The summed E-state index contributed by atoms with van der Waals surface area (Å²) in [4.78, 5) is 4.76. The minimum Gasteiger partial charge on any atom is -0.497 e. The van der Waals surface area contributed by atoms with E-state index in [4.69, 9.17) is 9.73 Å². The highest BCUT2D eigenvalue weighted by atomic mass is 32.2. The predicted octanol–water partition coefficient (Wildman–Crippen LogP) is 5.24. The molecule has 0 bridgehead atoms. The lowest BCUT2D eigenvalue weighted by Crippen LogP contribution is -2.02. The lowest BCUT2D eigenvalue weighted by atomic mass is 10.1. The summed E-state index contributed by atoms with van der Waals surface area (Å²) in [6.45, 7) is 0. The van der Waals surface area contributed by atoms with E-state index in [9.17, 15) is 0 Å². The Morgan fingerprint density at radius 3 is 2.41 bits per heavy atom. The van der Waals surface area contributed by atoms with Crippen molar-refractivity contribution in [1.29, 1.82) is 0 Å². The van der Waals surface area contributed by atoms with Crippen LogP contribution in [0.1, 0.15) is 16.4 Å². The van der Waals surface area contributed by atoms with Crippen LogP contribution in [0.4, 0.5) is 0 Å². The molecule has 0 fully saturated rings. The van der Waals surface area contributed by atoms with E-state index in [1.807, 2.05) is 18.2 Å². The standard InChI is InChI=1S/C18H17NOS2/c1-20-15-10-8-14(9-11-15)17-12-16(19-18(21-2)22-17)13-6-4-3-5-7-13/h3-12,17H,1-2H3. The Balaban J connectivity index is 1.94. The summed E-state index contributed by atoms with van der Waals surface area (Å²) < 4.78 is 6.34. The molecule has 0 aliphatic carbocycles. The molecule has 0 saturated carbocycles. The number of thioether (sulfide) groups is 2. The molecule has 0 N–H and O–H groups in total. The van der Waals surface area contributed by atoms with Crippen LogP contribution in [0.2, 0.25) is 0 Å². The van der Waals surface area contributed by atoms with Crippen LogP contribution < -0.4 is 4.74 Å². The first kappa shape index (κ1) is 15.3. The van der Waals surface area contributed by atoms with Gasteiger partial charge in [-0.2, -0.15) is 0 Å². The van der Waals surface area contributed by atoms with E-state index >= 15 is 0 Å². The molecular weight excluding hydrogens is 310 g/mol. The molecule has 1 aliphatic heterocycles. The normalized spacial score (nSPS) is 17.6. The fourth-order valence-corrected chi connectivity index (χ4v) is 4.01. The lowest BCUT2D eigenvalue weighted by Gasteiger charge is -2.20. The van der Waals surface area contributed by atoms with Crippen molar-refractivity contribution < 1.29 is 4.74 Å². The summed E-state index contributed by atoms with van der Waals surface area (Å²) >= 11 is 3.49. The summed E-state index contributed by atoms with van der Waals surface area (Å²) in [5.41, 5.74) is 3.47. The van der Waals surface area contributed by atoms with E-state index in [0.717, 1.165) is 21.4 Å². The highest BCUT2D eigenvalue weighted by Gasteiger charge is 2.19. The molecule has 3 rings (SSSR count). The lowest BCUT2D eigenvalue weighted by molar-refractivity contribution is 0.414. The fraction of sp³-hybridized carbons (Fsp3) is 0.167. The van der Waals surface area contributed by atoms with E-state index in [-0.39, 0.29) is 5.25 Å². The molecule has 22 heavy (non-hydrogen) atoms. The van der Waals surface area contributed by atoms with Crippen molar-refractivity contribution in [2.75, 3.05) is 13.4 Å². The second-order valence-corrected chi connectivity index (χ2v) is 7.00. The first-order valence-electron chi connectivity index (χ1n) is 7.00. The average Bonchev–Trinajstić information content (AvgIpc) is 2.62. The molecule has 0 aromatic heterocycles. The number of aliphatic imine (C=N–C) groups is 1. The van der Waals surface area contributed by atoms with Crippen molar-refractivity contribution in [1.82, 2.24) is 0 Å². The Morgan fingerprint density at radius 2 is 1.77 bits per heavy atom. The van der Waals surface area contributed by atoms with E-state index < -0.39 is 0 Å². The zero-order chi connectivity index (χ0) is 15.4. The van der Waals surface area contributed by atoms with Crippen molar-refractivity contribution in [3.8, 4) is 5.75 Å². The van der Waals surface area contributed by atoms with E-state index in [0.29, 0.717) is 0 Å². The molecule has 0 radical (unpaired) electrons. The molecule has 1 unspecified atom stereocenters. The van der Waals surface area contributed by atoms with Gasteiger partial charge in [-0.25, -0.2) is 4.99 Å². The molecule has 2 aromatic carbocycles. The van der Waals surface area contributed by atoms with E-state index in [2.05, 4.69) is 48.7 Å². The molecule has 112 valence electrons. The SMILES string of the molecule is COc1ccc(C2C=C(c3ccccc3)N=C(SC)S2)cc1. The summed E-state index contributed by atoms with van der Waals surface area (Å²) in [6, 6.07) is 18.6. The minimum atomic E-state index is 0.279. The van der Waals surface area contributed by atoms with Crippen LogP contribution in [0, 0.1) is 0 Å². The van der Waals surface area contributed by atoms with Gasteiger partial charge in [0, 0.05) is 0 Å². The number of hydrogen-bond donors (Lipinski definition) is 0. The Labute approximate surface area is 139 Å². The first-order chi connectivity index (χ1) is 10.8. The zero-order valence-electron chi connectivity index (χ0n) is 12.5. The van der Waals surface area contributed by atoms with Gasteiger partial charge in [-0.3, -0.25) is 0 Å². The number of nitrogens with zero attached hydrogens (tertiary/aromatic N) is 1. The number of benzene rings is 2. The van der Waals surface area contributed by atoms with Crippen LogP contribution in [0.15, 0.2) is 65.7 Å². The van der Waals surface area contributed by atoms with Gasteiger partial charge in [-0.05, 0) is 35.6 Å². The van der Waals surface area contributed by atoms with Crippen molar-refractivity contribution in [2.24, 2.45) is 4.99 Å². The van der Waals surface area contributed by atoms with Crippen LogP contribution >= 0.6 is 23.5 Å². The topological polar surface area (TPSA) is 21.6 Å². The number of ether oxygens (including phenoxy) is 1. The maximum Gasteiger partial charge on any atom is 0.131 e. The molecule has 0 spiro atoms. The van der Waals surface area contributed by atoms with Crippen LogP contribution in [-0.4, -0.2) is 17.7 Å². The molecule has 1 aliphatic rings. The van der Waals surface area contributed by atoms with Gasteiger partial charge in [0.2, 0.25) is 0 Å². The highest BCUT2D eigenvalue weighted by Crippen LogP contribution is 2.41. The quantitative estimate of drug-likeness (QED) is 0.769. The van der Waals surface area contributed by atoms with Crippen molar-refractivity contribution >= 4 is 33.6 Å². The molecule has 0 amide bonds. The molecule has 2 nitrogen and oxygen atoms in total. The van der Waals surface area contributed by atoms with Crippen molar-refractivity contribution in [2.45, 2.75) is 5.25 Å². The van der Waals surface area contributed by atoms with E-state index in [1.54, 1.807) is 30.6 Å². The smallest absolute Gasteiger partial charge is 0.131 e. The third kappa shape index (κ3) is 3.39. The molecular formula is C18H17NOS2. The monoisotopic (exact) mass is 327 g/mol. The summed E-state index contributed by atoms with van der Waals surface area (Å²) in [7, 11) is 1.69. The summed E-state index contributed by atoms with van der Waals surface area (Å²) in [5, 5.41) is 0.279. The number of methoxy groups -OCH3 is 1. The Hall–Kier alpha value is -1.65. The van der Waals surface area contributed by atoms with Gasteiger partial charge in [0.25, 0.3) is 0 Å². The Bertz CT molecular complexity index is 693. The van der Waals surface area contributed by atoms with Gasteiger partial charge in [0.1, 0.15) is 10.1 Å². The largest absolute Gasteiger partial charge is 0.497 e. The molecule has 2 aromatic rings. The van der Waals surface area contributed by atoms with Crippen LogP contribution in [0.3, 0.4) is 0 Å². The molecule has 4 heteroatoms. The van der Waals surface area contributed by atoms with Gasteiger partial charge in [0.05, 0.1) is 18.1 Å². The third-order valence-corrected chi connectivity index (χ3v) is 5.62. The number of rotatable bonds is 3. The van der Waals surface area contributed by atoms with Crippen LogP contribution in [-0.2, 0) is 0 Å². The molecule has 1 atom stereocenters. The van der Waals surface area contributed by atoms with Crippen molar-refractivity contribution in [3.63, 3.8) is 0 Å². The average molecular weight is 327 g/mol. The van der Waals surface area contributed by atoms with Gasteiger partial charge < -0.3 is 4.74 Å². The predicted molar refractivity (Wildman–Crippen MR) is 98.7 cm³/mol. The van der Waals surface area contributed by atoms with Gasteiger partial charge >= 0.3 is 0 Å². The second-order valence-electron chi connectivity index (χ2n) is 4.81. The van der Waals surface area contributed by atoms with Crippen LogP contribution in [0.25, 0.3) is 5.70 Å². The minimum absolute atomic E-state index is 0.279. The van der Waals surface area contributed by atoms with Crippen molar-refractivity contribution in [3.05, 3.63) is 71.8 Å². The molecule has 0 saturated heterocycles. The van der Waals surface area contributed by atoms with E-state index in [1.165, 1.54) is 5.56 Å². The van der Waals surface area contributed by atoms with Crippen LogP contribution in [0.5, 0.6) is 5.75 Å². The maximum atomic E-state index is 5.24. The van der Waals surface area contributed by atoms with Gasteiger partial charge in [-0.1, -0.05) is 54.2 Å². The summed E-state index contributed by atoms with van der Waals surface area (Å²) in [5.74, 6) is 0.885. The number of hydrogen-bond acceptors (Lipinski definition) is 4. The zero-order valence-corrected chi connectivity index (χ0v) is 14.2.